The molecule has 0 bridgehead atoms. The molecule has 2 saturated carbocycles. The van der Waals surface area contributed by atoms with Crippen LogP contribution in [0.15, 0.2) is 0 Å². The molecule has 0 unspecified atom stereocenters. The van der Waals surface area contributed by atoms with Crippen LogP contribution in [0.3, 0.4) is 0 Å². The molecule has 1 aromatic heterocycles. The van der Waals surface area contributed by atoms with Crippen LogP contribution in [0.5, 0.6) is 0 Å². The fraction of sp³-hybridized carbons (Fsp3) is 0.750. The molecule has 104 valence electrons. The molecule has 7 heteroatoms. The van der Waals surface area contributed by atoms with Gasteiger partial charge in [0.15, 0.2) is 0 Å². The van der Waals surface area contributed by atoms with Gasteiger partial charge >= 0.3 is 6.03 Å². The van der Waals surface area contributed by atoms with Gasteiger partial charge in [0.05, 0.1) is 12.1 Å². The number of urea groups is 1. The third-order valence-electron chi connectivity index (χ3n) is 3.63. The summed E-state index contributed by atoms with van der Waals surface area (Å²) in [7, 11) is 0. The highest BCUT2D eigenvalue weighted by molar-refractivity contribution is 7.15. The fourth-order valence-corrected chi connectivity index (χ4v) is 3.27. The fourth-order valence-electron chi connectivity index (χ4n) is 2.36. The van der Waals surface area contributed by atoms with Gasteiger partial charge in [-0.3, -0.25) is 5.32 Å². The van der Waals surface area contributed by atoms with Crippen molar-refractivity contribution in [2.24, 2.45) is 0 Å². The van der Waals surface area contributed by atoms with Gasteiger partial charge in [0.1, 0.15) is 5.01 Å². The molecule has 0 saturated heterocycles. The smallest absolute Gasteiger partial charge is 0.321 e. The zero-order valence-corrected chi connectivity index (χ0v) is 11.4. The summed E-state index contributed by atoms with van der Waals surface area (Å²) in [6.45, 7) is 0. The average molecular weight is 282 g/mol. The minimum absolute atomic E-state index is 0.149. The highest BCUT2D eigenvalue weighted by atomic mass is 32.1. The maximum Gasteiger partial charge on any atom is 0.321 e. The molecule has 2 aliphatic carbocycles. The molecule has 2 atom stereocenters. The maximum absolute atomic E-state index is 11.8. The van der Waals surface area contributed by atoms with Crippen molar-refractivity contribution in [1.29, 1.82) is 0 Å². The summed E-state index contributed by atoms with van der Waals surface area (Å²) < 4.78 is 0. The topological polar surface area (TPSA) is 87.1 Å². The summed E-state index contributed by atoms with van der Waals surface area (Å²) in [5.74, 6) is 0.552. The molecular formula is C12H18N4O2S. The van der Waals surface area contributed by atoms with E-state index in [4.69, 9.17) is 0 Å². The van der Waals surface area contributed by atoms with Crippen LogP contribution in [0, 0.1) is 0 Å². The molecule has 3 rings (SSSR count). The number of hydrogen-bond acceptors (Lipinski definition) is 5. The van der Waals surface area contributed by atoms with E-state index in [1.165, 1.54) is 24.2 Å². The number of anilines is 1. The van der Waals surface area contributed by atoms with Crippen molar-refractivity contribution in [3.8, 4) is 0 Å². The third kappa shape index (κ3) is 3.22. The Bertz CT molecular complexity index is 460. The molecule has 2 aliphatic rings. The van der Waals surface area contributed by atoms with Gasteiger partial charge in [-0.25, -0.2) is 4.79 Å². The van der Waals surface area contributed by atoms with E-state index >= 15 is 0 Å². The molecule has 3 N–H and O–H groups in total. The van der Waals surface area contributed by atoms with Crippen molar-refractivity contribution in [3.63, 3.8) is 0 Å². The van der Waals surface area contributed by atoms with Crippen molar-refractivity contribution in [1.82, 2.24) is 15.5 Å². The van der Waals surface area contributed by atoms with Gasteiger partial charge in [-0.15, -0.1) is 10.2 Å². The van der Waals surface area contributed by atoms with Crippen molar-refractivity contribution < 1.29 is 9.90 Å². The highest BCUT2D eigenvalue weighted by Gasteiger charge is 2.28. The Morgan fingerprint density at radius 1 is 1.21 bits per heavy atom. The first-order valence-electron chi connectivity index (χ1n) is 6.81. The number of amides is 2. The minimum atomic E-state index is -0.434. The Labute approximate surface area is 115 Å². The van der Waals surface area contributed by atoms with E-state index in [2.05, 4.69) is 20.8 Å². The molecule has 0 radical (unpaired) electrons. The van der Waals surface area contributed by atoms with Crippen LogP contribution < -0.4 is 10.6 Å². The largest absolute Gasteiger partial charge is 0.391 e. The van der Waals surface area contributed by atoms with E-state index in [1.54, 1.807) is 0 Å². The minimum Gasteiger partial charge on any atom is -0.391 e. The zero-order chi connectivity index (χ0) is 13.2. The lowest BCUT2D eigenvalue weighted by molar-refractivity contribution is 0.0955. The first-order chi connectivity index (χ1) is 9.22. The van der Waals surface area contributed by atoms with Gasteiger partial charge in [0, 0.05) is 5.92 Å². The summed E-state index contributed by atoms with van der Waals surface area (Å²) >= 11 is 1.44. The van der Waals surface area contributed by atoms with Gasteiger partial charge in [0.2, 0.25) is 5.13 Å². The van der Waals surface area contributed by atoms with Crippen LogP contribution in [0.1, 0.15) is 49.5 Å². The molecule has 0 spiro atoms. The molecule has 2 amide bonds. The monoisotopic (exact) mass is 282 g/mol. The van der Waals surface area contributed by atoms with E-state index in [-0.39, 0.29) is 12.1 Å². The lowest BCUT2D eigenvalue weighted by atomic mass is 9.93. The normalized spacial score (nSPS) is 27.0. The van der Waals surface area contributed by atoms with Gasteiger partial charge in [-0.05, 0) is 25.7 Å². The van der Waals surface area contributed by atoms with E-state index in [1.807, 2.05) is 0 Å². The summed E-state index contributed by atoms with van der Waals surface area (Å²) in [6.07, 6.45) is 5.59. The molecule has 19 heavy (non-hydrogen) atoms. The quantitative estimate of drug-likeness (QED) is 0.789. The summed E-state index contributed by atoms with van der Waals surface area (Å²) in [4.78, 5) is 11.8. The average Bonchev–Trinajstić information content (AvgIpc) is 3.14. The second-order valence-corrected chi connectivity index (χ2v) is 6.29. The lowest BCUT2D eigenvalue weighted by Gasteiger charge is -2.28. The molecular weight excluding hydrogens is 264 g/mol. The van der Waals surface area contributed by atoms with Crippen LogP contribution in [-0.4, -0.2) is 33.5 Å². The van der Waals surface area contributed by atoms with E-state index < -0.39 is 6.10 Å². The van der Waals surface area contributed by atoms with Gasteiger partial charge < -0.3 is 10.4 Å². The van der Waals surface area contributed by atoms with Crippen LogP contribution >= 0.6 is 11.3 Å². The molecule has 0 aliphatic heterocycles. The van der Waals surface area contributed by atoms with E-state index in [0.29, 0.717) is 11.0 Å². The van der Waals surface area contributed by atoms with Crippen LogP contribution in [-0.2, 0) is 0 Å². The highest BCUT2D eigenvalue weighted by Crippen LogP contribution is 2.42. The van der Waals surface area contributed by atoms with Crippen LogP contribution in [0.2, 0.25) is 0 Å². The van der Waals surface area contributed by atoms with Crippen molar-refractivity contribution in [2.45, 2.75) is 56.6 Å². The summed E-state index contributed by atoms with van der Waals surface area (Å²) in [5.41, 5.74) is 0. The number of aliphatic hydroxyl groups is 1. The Hall–Kier alpha value is -1.21. The SMILES string of the molecule is O=C(Nc1nnc(C2CC2)s1)N[C@@H]1CCCC[C@@H]1O. The van der Waals surface area contributed by atoms with Crippen molar-refractivity contribution >= 4 is 22.5 Å². The Morgan fingerprint density at radius 2 is 2.00 bits per heavy atom. The molecule has 2 fully saturated rings. The summed E-state index contributed by atoms with van der Waals surface area (Å²) in [5, 5.41) is 24.9. The standard InChI is InChI=1S/C12H18N4O2S/c17-9-4-2-1-3-8(9)13-11(18)14-12-16-15-10(19-12)7-5-6-7/h7-9,17H,1-6H2,(H2,13,14,16,18)/t8-,9+/m1/s1. The van der Waals surface area contributed by atoms with Crippen LogP contribution in [0.4, 0.5) is 9.93 Å². The third-order valence-corrected chi connectivity index (χ3v) is 4.63. The van der Waals surface area contributed by atoms with E-state index in [0.717, 1.165) is 30.7 Å². The second kappa shape index (κ2) is 5.42. The number of carbonyl (C=O) groups is 1. The number of carbonyl (C=O) groups excluding carboxylic acids is 1. The van der Waals surface area contributed by atoms with Crippen LogP contribution in [0.25, 0.3) is 0 Å². The first kappa shape index (κ1) is 12.8. The zero-order valence-electron chi connectivity index (χ0n) is 10.6. The van der Waals surface area contributed by atoms with Crippen molar-refractivity contribution in [3.05, 3.63) is 5.01 Å². The Kier molecular flexibility index (Phi) is 3.65. The molecule has 6 nitrogen and oxygen atoms in total. The van der Waals surface area contributed by atoms with Gasteiger partial charge in [-0.2, -0.15) is 0 Å². The summed E-state index contributed by atoms with van der Waals surface area (Å²) in [6, 6.07) is -0.450. The Balaban J connectivity index is 1.52. The number of aliphatic hydroxyl groups excluding tert-OH is 1. The van der Waals surface area contributed by atoms with E-state index in [9.17, 15) is 9.90 Å². The Morgan fingerprint density at radius 3 is 2.74 bits per heavy atom. The first-order valence-corrected chi connectivity index (χ1v) is 7.63. The number of nitrogens with zero attached hydrogens (tertiary/aromatic N) is 2. The van der Waals surface area contributed by atoms with Gasteiger partial charge in [0.25, 0.3) is 0 Å². The number of hydrogen-bond donors (Lipinski definition) is 3. The second-order valence-electron chi connectivity index (χ2n) is 5.28. The molecule has 1 heterocycles. The maximum atomic E-state index is 11.8. The predicted octanol–water partition coefficient (Wildman–Crippen LogP) is 1.84. The number of aromatic nitrogens is 2. The molecule has 0 aromatic carbocycles. The predicted molar refractivity (Wildman–Crippen MR) is 72.3 cm³/mol. The number of nitrogens with one attached hydrogen (secondary N) is 2. The molecule has 1 aromatic rings. The lowest BCUT2D eigenvalue weighted by Crippen LogP contribution is -2.46. The van der Waals surface area contributed by atoms with Crippen molar-refractivity contribution in [2.75, 3.05) is 5.32 Å². The number of rotatable bonds is 3. The van der Waals surface area contributed by atoms with Gasteiger partial charge in [-0.1, -0.05) is 24.2 Å².